The number of rotatable bonds is 4. The molecule has 0 unspecified atom stereocenters. The molecule has 2 aliphatic heterocycles. The summed E-state index contributed by atoms with van der Waals surface area (Å²) < 4.78 is 5.72. The second kappa shape index (κ2) is 8.68. The van der Waals surface area contributed by atoms with Crippen LogP contribution in [0.4, 0.5) is 11.4 Å². The Morgan fingerprint density at radius 3 is 2.24 bits per heavy atom. The normalized spacial score (nSPS) is 25.4. The molecular formula is C20H31N3O2. The maximum atomic E-state index is 12.3. The van der Waals surface area contributed by atoms with Gasteiger partial charge >= 0.3 is 0 Å². The fourth-order valence-corrected chi connectivity index (χ4v) is 3.90. The van der Waals surface area contributed by atoms with Gasteiger partial charge in [-0.25, -0.2) is 0 Å². The number of carbonyl (C=O) groups is 1. The van der Waals surface area contributed by atoms with E-state index in [0.29, 0.717) is 6.54 Å². The second-order valence-electron chi connectivity index (χ2n) is 7.45. The molecular weight excluding hydrogens is 314 g/mol. The molecule has 1 aromatic rings. The van der Waals surface area contributed by atoms with Crippen molar-refractivity contribution in [3.05, 3.63) is 24.3 Å². The van der Waals surface area contributed by atoms with Gasteiger partial charge < -0.3 is 15.0 Å². The summed E-state index contributed by atoms with van der Waals surface area (Å²) in [6.07, 6.45) is 5.59. The van der Waals surface area contributed by atoms with E-state index < -0.39 is 0 Å². The zero-order chi connectivity index (χ0) is 17.6. The summed E-state index contributed by atoms with van der Waals surface area (Å²) in [4.78, 5) is 16.9. The Kier molecular flexibility index (Phi) is 6.32. The lowest BCUT2D eigenvalue weighted by molar-refractivity contribution is -0.121. The molecule has 0 aliphatic carbocycles. The number of anilines is 2. The fraction of sp³-hybridized carbons (Fsp3) is 0.650. The van der Waals surface area contributed by atoms with Gasteiger partial charge in [-0.2, -0.15) is 0 Å². The van der Waals surface area contributed by atoms with E-state index in [2.05, 4.69) is 41.1 Å². The van der Waals surface area contributed by atoms with Crippen LogP contribution in [0.5, 0.6) is 0 Å². The number of hydrogen-bond donors (Lipinski definition) is 1. The quantitative estimate of drug-likeness (QED) is 0.911. The summed E-state index contributed by atoms with van der Waals surface area (Å²) in [6, 6.07) is 8.28. The van der Waals surface area contributed by atoms with Gasteiger partial charge in [0.25, 0.3) is 0 Å². The van der Waals surface area contributed by atoms with Crippen LogP contribution < -0.4 is 10.2 Å². The topological polar surface area (TPSA) is 44.8 Å². The van der Waals surface area contributed by atoms with E-state index in [9.17, 15) is 4.79 Å². The van der Waals surface area contributed by atoms with Crippen LogP contribution in [0.25, 0.3) is 0 Å². The van der Waals surface area contributed by atoms with Crippen molar-refractivity contribution < 1.29 is 9.53 Å². The number of amides is 1. The van der Waals surface area contributed by atoms with Gasteiger partial charge in [-0.1, -0.05) is 12.8 Å². The molecule has 138 valence electrons. The third kappa shape index (κ3) is 5.44. The van der Waals surface area contributed by atoms with Crippen molar-refractivity contribution in [1.82, 2.24) is 4.90 Å². The number of morpholine rings is 1. The Morgan fingerprint density at radius 1 is 1.04 bits per heavy atom. The lowest BCUT2D eigenvalue weighted by Crippen LogP contribution is -2.48. The van der Waals surface area contributed by atoms with Gasteiger partial charge in [-0.15, -0.1) is 0 Å². The van der Waals surface area contributed by atoms with Crippen LogP contribution in [0.2, 0.25) is 0 Å². The van der Waals surface area contributed by atoms with Gasteiger partial charge in [0, 0.05) is 37.6 Å². The highest BCUT2D eigenvalue weighted by Gasteiger charge is 2.23. The maximum Gasteiger partial charge on any atom is 0.238 e. The van der Waals surface area contributed by atoms with Crippen molar-refractivity contribution >= 4 is 17.3 Å². The maximum absolute atomic E-state index is 12.3. The minimum absolute atomic E-state index is 0.0452. The molecule has 2 atom stereocenters. The number of carbonyl (C=O) groups excluding carboxylic acids is 1. The molecule has 3 rings (SSSR count). The van der Waals surface area contributed by atoms with Crippen LogP contribution >= 0.6 is 0 Å². The van der Waals surface area contributed by atoms with Crippen molar-refractivity contribution in [3.63, 3.8) is 0 Å². The second-order valence-corrected chi connectivity index (χ2v) is 7.45. The molecule has 0 bridgehead atoms. The van der Waals surface area contributed by atoms with Crippen LogP contribution in [0.1, 0.15) is 39.5 Å². The largest absolute Gasteiger partial charge is 0.373 e. The van der Waals surface area contributed by atoms with E-state index in [4.69, 9.17) is 4.74 Å². The van der Waals surface area contributed by atoms with E-state index in [1.54, 1.807) is 0 Å². The smallest absolute Gasteiger partial charge is 0.238 e. The average Bonchev–Trinajstić information content (AvgIpc) is 2.83. The molecule has 0 aromatic heterocycles. The highest BCUT2D eigenvalue weighted by molar-refractivity contribution is 5.92. The van der Waals surface area contributed by atoms with Crippen molar-refractivity contribution in [2.45, 2.75) is 51.7 Å². The van der Waals surface area contributed by atoms with Gasteiger partial charge in [-0.05, 0) is 51.0 Å². The molecule has 1 aromatic carbocycles. The molecule has 5 nitrogen and oxygen atoms in total. The number of hydrogen-bond acceptors (Lipinski definition) is 4. The molecule has 5 heteroatoms. The molecule has 2 aliphatic rings. The molecule has 0 spiro atoms. The van der Waals surface area contributed by atoms with Crippen molar-refractivity contribution in [2.75, 3.05) is 42.9 Å². The first kappa shape index (κ1) is 18.2. The molecule has 2 saturated heterocycles. The van der Waals surface area contributed by atoms with Crippen LogP contribution in [-0.4, -0.2) is 55.7 Å². The van der Waals surface area contributed by atoms with Crippen LogP contribution in [0.15, 0.2) is 24.3 Å². The lowest BCUT2D eigenvalue weighted by atomic mass is 10.2. The predicted octanol–water partition coefficient (Wildman–Crippen LogP) is 3.11. The Hall–Kier alpha value is -1.59. The first-order valence-electron chi connectivity index (χ1n) is 9.63. The highest BCUT2D eigenvalue weighted by Crippen LogP contribution is 2.21. The van der Waals surface area contributed by atoms with Gasteiger partial charge in [0.1, 0.15) is 0 Å². The summed E-state index contributed by atoms with van der Waals surface area (Å²) in [5, 5.41) is 3.02. The highest BCUT2D eigenvalue weighted by atomic mass is 16.5. The van der Waals surface area contributed by atoms with Crippen LogP contribution in [0.3, 0.4) is 0 Å². The van der Waals surface area contributed by atoms with E-state index in [1.807, 2.05) is 12.1 Å². The molecule has 2 heterocycles. The standard InChI is InChI=1S/C20H31N3O2/c1-16-13-22(14-17(2)25-16)15-20(24)21-18-7-9-19(10-8-18)23-11-5-3-4-6-12-23/h7-10,16-17H,3-6,11-15H2,1-2H3,(H,21,24)/t16-,17-/m1/s1. The lowest BCUT2D eigenvalue weighted by Gasteiger charge is -2.34. The molecule has 1 N–H and O–H groups in total. The van der Waals surface area contributed by atoms with Crippen LogP contribution in [-0.2, 0) is 9.53 Å². The Labute approximate surface area is 151 Å². The third-order valence-electron chi connectivity index (χ3n) is 4.98. The van der Waals surface area contributed by atoms with Gasteiger partial charge in [0.2, 0.25) is 5.91 Å². The van der Waals surface area contributed by atoms with E-state index in [-0.39, 0.29) is 18.1 Å². The number of benzene rings is 1. The summed E-state index contributed by atoms with van der Waals surface area (Å²) in [7, 11) is 0. The number of nitrogens with zero attached hydrogens (tertiary/aromatic N) is 2. The van der Waals surface area contributed by atoms with E-state index >= 15 is 0 Å². The van der Waals surface area contributed by atoms with Crippen molar-refractivity contribution in [2.24, 2.45) is 0 Å². The van der Waals surface area contributed by atoms with E-state index in [0.717, 1.165) is 31.9 Å². The molecule has 25 heavy (non-hydrogen) atoms. The Morgan fingerprint density at radius 2 is 1.64 bits per heavy atom. The third-order valence-corrected chi connectivity index (χ3v) is 4.98. The number of nitrogens with one attached hydrogen (secondary N) is 1. The predicted molar refractivity (Wildman–Crippen MR) is 102 cm³/mol. The van der Waals surface area contributed by atoms with Crippen molar-refractivity contribution in [3.8, 4) is 0 Å². The fourth-order valence-electron chi connectivity index (χ4n) is 3.90. The van der Waals surface area contributed by atoms with Gasteiger partial charge in [0.05, 0.1) is 18.8 Å². The minimum atomic E-state index is 0.0452. The van der Waals surface area contributed by atoms with Crippen LogP contribution in [0, 0.1) is 0 Å². The van der Waals surface area contributed by atoms with Crippen molar-refractivity contribution in [1.29, 1.82) is 0 Å². The van der Waals surface area contributed by atoms with Gasteiger partial charge in [0.15, 0.2) is 0 Å². The Bertz CT molecular complexity index is 543. The van der Waals surface area contributed by atoms with E-state index in [1.165, 1.54) is 31.4 Å². The molecule has 0 radical (unpaired) electrons. The first-order valence-corrected chi connectivity index (χ1v) is 9.63. The summed E-state index contributed by atoms with van der Waals surface area (Å²) in [5.74, 6) is 0.0452. The molecule has 2 fully saturated rings. The molecule has 1 amide bonds. The van der Waals surface area contributed by atoms with Gasteiger partial charge in [-0.3, -0.25) is 9.69 Å². The summed E-state index contributed by atoms with van der Waals surface area (Å²) in [5.41, 5.74) is 2.13. The Balaban J connectivity index is 1.51. The number of ether oxygens (including phenoxy) is 1. The monoisotopic (exact) mass is 345 g/mol. The summed E-state index contributed by atoms with van der Waals surface area (Å²) in [6.45, 7) is 8.44. The zero-order valence-electron chi connectivity index (χ0n) is 15.5. The zero-order valence-corrected chi connectivity index (χ0v) is 15.5. The average molecular weight is 345 g/mol. The summed E-state index contributed by atoms with van der Waals surface area (Å²) >= 11 is 0. The molecule has 0 saturated carbocycles. The SMILES string of the molecule is C[C@@H]1CN(CC(=O)Nc2ccc(N3CCCCCC3)cc2)C[C@@H](C)O1. The minimum Gasteiger partial charge on any atom is -0.373 e. The first-order chi connectivity index (χ1) is 12.1.